The lowest BCUT2D eigenvalue weighted by Gasteiger charge is -2.06. The van der Waals surface area contributed by atoms with Crippen molar-refractivity contribution in [1.82, 2.24) is 10.3 Å². The Labute approximate surface area is 107 Å². The fourth-order valence-corrected chi connectivity index (χ4v) is 2.20. The Morgan fingerprint density at radius 1 is 1.47 bits per heavy atom. The monoisotopic (exact) mass is 336 g/mol. The summed E-state index contributed by atoms with van der Waals surface area (Å²) < 4.78 is 7.21. The van der Waals surface area contributed by atoms with Gasteiger partial charge < -0.3 is 10.1 Å². The minimum Gasteiger partial charge on any atom is -0.380 e. The first-order chi connectivity index (χ1) is 7.24. The number of hydrogen-bond donors (Lipinski definition) is 1. The van der Waals surface area contributed by atoms with Gasteiger partial charge in [0.25, 0.3) is 0 Å². The van der Waals surface area contributed by atoms with Crippen LogP contribution in [0.25, 0.3) is 0 Å². The summed E-state index contributed by atoms with van der Waals surface area (Å²) in [6, 6.07) is 1.99. The zero-order valence-electron chi connectivity index (χ0n) is 8.59. The zero-order chi connectivity index (χ0) is 11.1. The molecule has 84 valence electrons. The first kappa shape index (κ1) is 13.1. The predicted molar refractivity (Wildman–Crippen MR) is 67.8 cm³/mol. The third-order valence-corrected chi connectivity index (χ3v) is 2.92. The molecule has 0 spiro atoms. The molecule has 0 aromatic carbocycles. The van der Waals surface area contributed by atoms with Crippen LogP contribution in [0.2, 0.25) is 0 Å². The van der Waals surface area contributed by atoms with Crippen LogP contribution in [0.1, 0.15) is 12.6 Å². The number of hydrogen-bond acceptors (Lipinski definition) is 3. The molecule has 3 nitrogen and oxygen atoms in total. The molecule has 0 saturated heterocycles. The van der Waals surface area contributed by atoms with Gasteiger partial charge in [0.05, 0.1) is 12.3 Å². The number of nitrogens with one attached hydrogen (secondary N) is 1. The molecule has 0 radical (unpaired) electrons. The molecule has 15 heavy (non-hydrogen) atoms. The molecular weight excluding hydrogens is 324 g/mol. The van der Waals surface area contributed by atoms with Crippen molar-refractivity contribution in [1.29, 1.82) is 0 Å². The largest absolute Gasteiger partial charge is 0.380 e. The van der Waals surface area contributed by atoms with Crippen molar-refractivity contribution < 1.29 is 4.74 Å². The van der Waals surface area contributed by atoms with E-state index in [1.54, 1.807) is 6.20 Å². The van der Waals surface area contributed by atoms with Crippen LogP contribution in [0.4, 0.5) is 0 Å². The highest BCUT2D eigenvalue weighted by Crippen LogP contribution is 2.19. The summed E-state index contributed by atoms with van der Waals surface area (Å²) in [5, 5.41) is 3.26. The van der Waals surface area contributed by atoms with Gasteiger partial charge in [-0.2, -0.15) is 0 Å². The lowest BCUT2D eigenvalue weighted by atomic mass is 10.3. The SMILES string of the molecule is CCOCCNCc1ncc(Br)cc1Br. The van der Waals surface area contributed by atoms with E-state index in [4.69, 9.17) is 4.74 Å². The number of nitrogens with zero attached hydrogens (tertiary/aromatic N) is 1. The van der Waals surface area contributed by atoms with Gasteiger partial charge in [-0.3, -0.25) is 4.98 Å². The van der Waals surface area contributed by atoms with Crippen LogP contribution in [0.15, 0.2) is 21.2 Å². The zero-order valence-corrected chi connectivity index (χ0v) is 11.8. The van der Waals surface area contributed by atoms with E-state index in [0.717, 1.165) is 40.9 Å². The Balaban J connectivity index is 2.31. The molecule has 0 fully saturated rings. The Bertz CT molecular complexity index is 307. The molecule has 0 bridgehead atoms. The summed E-state index contributed by atoms with van der Waals surface area (Å²) in [6.07, 6.45) is 1.80. The molecule has 1 N–H and O–H groups in total. The topological polar surface area (TPSA) is 34.1 Å². The third kappa shape index (κ3) is 5.06. The number of aromatic nitrogens is 1. The van der Waals surface area contributed by atoms with Crippen molar-refractivity contribution in [2.24, 2.45) is 0 Å². The lowest BCUT2D eigenvalue weighted by Crippen LogP contribution is -2.20. The van der Waals surface area contributed by atoms with E-state index >= 15 is 0 Å². The molecule has 0 saturated carbocycles. The minimum atomic E-state index is 0.741. The number of halogens is 2. The van der Waals surface area contributed by atoms with Gasteiger partial charge in [0.2, 0.25) is 0 Å². The molecule has 1 aromatic rings. The van der Waals surface area contributed by atoms with Gasteiger partial charge in [0.1, 0.15) is 0 Å². The average Bonchev–Trinajstić information content (AvgIpc) is 2.20. The molecule has 1 rings (SSSR count). The van der Waals surface area contributed by atoms with Crippen molar-refractivity contribution >= 4 is 31.9 Å². The van der Waals surface area contributed by atoms with Crippen molar-refractivity contribution in [2.45, 2.75) is 13.5 Å². The summed E-state index contributed by atoms with van der Waals surface area (Å²) >= 11 is 6.83. The van der Waals surface area contributed by atoms with E-state index in [-0.39, 0.29) is 0 Å². The lowest BCUT2D eigenvalue weighted by molar-refractivity contribution is 0.149. The van der Waals surface area contributed by atoms with Crippen molar-refractivity contribution in [3.05, 3.63) is 26.9 Å². The van der Waals surface area contributed by atoms with Crippen molar-refractivity contribution in [3.63, 3.8) is 0 Å². The van der Waals surface area contributed by atoms with Gasteiger partial charge in [0, 0.05) is 34.8 Å². The molecule has 0 aliphatic rings. The second kappa shape index (κ2) is 7.33. The summed E-state index contributed by atoms with van der Waals surface area (Å²) in [6.45, 7) is 5.10. The first-order valence-electron chi connectivity index (χ1n) is 4.82. The molecule has 5 heteroatoms. The predicted octanol–water partition coefficient (Wildman–Crippen LogP) is 2.73. The maximum Gasteiger partial charge on any atom is 0.0684 e. The molecule has 0 unspecified atom stereocenters. The van der Waals surface area contributed by atoms with Gasteiger partial charge in [-0.25, -0.2) is 0 Å². The smallest absolute Gasteiger partial charge is 0.0684 e. The van der Waals surface area contributed by atoms with Crippen LogP contribution >= 0.6 is 31.9 Å². The van der Waals surface area contributed by atoms with Gasteiger partial charge in [-0.05, 0) is 44.8 Å². The second-order valence-corrected chi connectivity index (χ2v) is 4.73. The van der Waals surface area contributed by atoms with Crippen molar-refractivity contribution in [2.75, 3.05) is 19.8 Å². The highest BCUT2D eigenvalue weighted by molar-refractivity contribution is 9.11. The maximum absolute atomic E-state index is 5.22. The Kier molecular flexibility index (Phi) is 6.40. The number of ether oxygens (including phenoxy) is 1. The van der Waals surface area contributed by atoms with Gasteiger partial charge in [0.15, 0.2) is 0 Å². The molecule has 1 aromatic heterocycles. The first-order valence-corrected chi connectivity index (χ1v) is 6.41. The average molecular weight is 338 g/mol. The van der Waals surface area contributed by atoms with Crippen LogP contribution in [0, 0.1) is 0 Å². The van der Waals surface area contributed by atoms with Crippen molar-refractivity contribution in [3.8, 4) is 0 Å². The van der Waals surface area contributed by atoms with Crippen LogP contribution in [-0.4, -0.2) is 24.7 Å². The van der Waals surface area contributed by atoms with Gasteiger partial charge in [-0.1, -0.05) is 0 Å². The normalized spacial score (nSPS) is 10.6. The van der Waals surface area contributed by atoms with Crippen LogP contribution in [-0.2, 0) is 11.3 Å². The fraction of sp³-hybridized carbons (Fsp3) is 0.500. The Morgan fingerprint density at radius 2 is 2.27 bits per heavy atom. The summed E-state index contributed by atoms with van der Waals surface area (Å²) in [5.74, 6) is 0. The third-order valence-electron chi connectivity index (χ3n) is 1.80. The van der Waals surface area contributed by atoms with E-state index in [1.165, 1.54) is 0 Å². The summed E-state index contributed by atoms with van der Waals surface area (Å²) in [7, 11) is 0. The second-order valence-electron chi connectivity index (χ2n) is 2.96. The quantitative estimate of drug-likeness (QED) is 0.810. The van der Waals surface area contributed by atoms with Gasteiger partial charge >= 0.3 is 0 Å². The number of rotatable bonds is 6. The van der Waals surface area contributed by atoms with Crippen LogP contribution < -0.4 is 5.32 Å². The summed E-state index contributed by atoms with van der Waals surface area (Å²) in [5.41, 5.74) is 1.01. The van der Waals surface area contributed by atoms with E-state index in [0.29, 0.717) is 0 Å². The molecule has 0 aliphatic carbocycles. The fourth-order valence-electron chi connectivity index (χ4n) is 1.07. The number of pyridine rings is 1. The van der Waals surface area contributed by atoms with E-state index in [9.17, 15) is 0 Å². The highest BCUT2D eigenvalue weighted by Gasteiger charge is 2.01. The van der Waals surface area contributed by atoms with Gasteiger partial charge in [-0.15, -0.1) is 0 Å². The van der Waals surface area contributed by atoms with E-state index in [1.807, 2.05) is 13.0 Å². The minimum absolute atomic E-state index is 0.741. The van der Waals surface area contributed by atoms with E-state index in [2.05, 4.69) is 42.2 Å². The molecule has 1 heterocycles. The van der Waals surface area contributed by atoms with Crippen LogP contribution in [0.3, 0.4) is 0 Å². The Morgan fingerprint density at radius 3 is 2.93 bits per heavy atom. The molecule has 0 atom stereocenters. The van der Waals surface area contributed by atoms with Crippen LogP contribution in [0.5, 0.6) is 0 Å². The summed E-state index contributed by atoms with van der Waals surface area (Å²) in [4.78, 5) is 4.30. The Hall–Kier alpha value is 0.0300. The molecule has 0 amide bonds. The molecule has 0 aliphatic heterocycles. The van der Waals surface area contributed by atoms with E-state index < -0.39 is 0 Å². The maximum atomic E-state index is 5.22. The molecular formula is C10H14Br2N2O. The highest BCUT2D eigenvalue weighted by atomic mass is 79.9. The standard InChI is InChI=1S/C10H14Br2N2O/c1-2-15-4-3-13-7-10-9(12)5-8(11)6-14-10/h5-6,13H,2-4,7H2,1H3.